The molecule has 0 fully saturated rings. The van der Waals surface area contributed by atoms with Gasteiger partial charge in [-0.2, -0.15) is 4.98 Å². The molecule has 5 nitrogen and oxygen atoms in total. The van der Waals surface area contributed by atoms with E-state index in [1.54, 1.807) is 19.2 Å². The van der Waals surface area contributed by atoms with E-state index in [0.717, 1.165) is 10.0 Å². The van der Waals surface area contributed by atoms with Crippen LogP contribution in [0.25, 0.3) is 11.3 Å². The van der Waals surface area contributed by atoms with Gasteiger partial charge >= 0.3 is 5.69 Å². The molecule has 0 saturated heterocycles. The van der Waals surface area contributed by atoms with Gasteiger partial charge < -0.3 is 15.5 Å². The molecule has 2 rings (SSSR count). The van der Waals surface area contributed by atoms with Gasteiger partial charge in [0.15, 0.2) is 0 Å². The average Bonchev–Trinajstić information content (AvgIpc) is 2.27. The maximum Gasteiger partial charge on any atom is 0.347 e. The number of benzene rings is 1. The third-order valence-electron chi connectivity index (χ3n) is 2.22. The second-order valence-corrected chi connectivity index (χ2v) is 4.29. The summed E-state index contributed by atoms with van der Waals surface area (Å²) in [5.74, 6) is 0.820. The van der Waals surface area contributed by atoms with E-state index in [4.69, 9.17) is 10.5 Å². The predicted octanol–water partition coefficient (Wildman–Crippen LogP) is 1.79. The normalized spacial score (nSPS) is 10.2. The molecular formula is C11H10BrN3O2. The molecule has 0 amide bonds. The molecule has 1 heterocycles. The Kier molecular flexibility index (Phi) is 3.14. The van der Waals surface area contributed by atoms with Crippen LogP contribution in [0.15, 0.2) is 33.5 Å². The van der Waals surface area contributed by atoms with Crippen LogP contribution in [0.4, 0.5) is 5.82 Å². The van der Waals surface area contributed by atoms with Crippen LogP contribution in [0.2, 0.25) is 0 Å². The Morgan fingerprint density at radius 1 is 1.41 bits per heavy atom. The lowest BCUT2D eigenvalue weighted by atomic mass is 10.1. The first-order chi connectivity index (χ1) is 8.10. The molecule has 2 aromatic rings. The van der Waals surface area contributed by atoms with Gasteiger partial charge in [0, 0.05) is 16.1 Å². The summed E-state index contributed by atoms with van der Waals surface area (Å²) < 4.78 is 6.11. The van der Waals surface area contributed by atoms with Gasteiger partial charge in [-0.05, 0) is 18.2 Å². The van der Waals surface area contributed by atoms with Crippen molar-refractivity contribution in [3.63, 3.8) is 0 Å². The van der Waals surface area contributed by atoms with Crippen molar-refractivity contribution in [2.45, 2.75) is 0 Å². The summed E-state index contributed by atoms with van der Waals surface area (Å²) in [5.41, 5.74) is 6.37. The quantitative estimate of drug-likeness (QED) is 0.885. The van der Waals surface area contributed by atoms with Crippen molar-refractivity contribution in [1.29, 1.82) is 0 Å². The summed E-state index contributed by atoms with van der Waals surface area (Å²) in [6, 6.07) is 7.08. The first kappa shape index (κ1) is 11.7. The molecule has 0 bridgehead atoms. The van der Waals surface area contributed by atoms with E-state index in [-0.39, 0.29) is 5.82 Å². The fourth-order valence-electron chi connectivity index (χ4n) is 1.51. The number of hydrogen-bond acceptors (Lipinski definition) is 4. The molecule has 3 N–H and O–H groups in total. The molecule has 0 radical (unpaired) electrons. The van der Waals surface area contributed by atoms with E-state index >= 15 is 0 Å². The third-order valence-corrected chi connectivity index (χ3v) is 2.71. The van der Waals surface area contributed by atoms with Crippen molar-refractivity contribution in [3.8, 4) is 17.0 Å². The number of methoxy groups -OCH3 is 1. The van der Waals surface area contributed by atoms with Gasteiger partial charge in [0.25, 0.3) is 0 Å². The fraction of sp³-hybridized carbons (Fsp3) is 0.0909. The van der Waals surface area contributed by atoms with Crippen molar-refractivity contribution in [1.82, 2.24) is 9.97 Å². The number of ether oxygens (including phenoxy) is 1. The molecule has 17 heavy (non-hydrogen) atoms. The minimum absolute atomic E-state index is 0.172. The van der Waals surface area contributed by atoms with Crippen LogP contribution in [-0.2, 0) is 0 Å². The summed E-state index contributed by atoms with van der Waals surface area (Å²) >= 11 is 3.37. The van der Waals surface area contributed by atoms with E-state index in [1.807, 2.05) is 12.1 Å². The summed E-state index contributed by atoms with van der Waals surface area (Å²) in [5, 5.41) is 0. The molecule has 88 valence electrons. The Morgan fingerprint density at radius 2 is 2.18 bits per heavy atom. The lowest BCUT2D eigenvalue weighted by molar-refractivity contribution is 0.416. The van der Waals surface area contributed by atoms with Crippen LogP contribution < -0.4 is 16.2 Å². The standard InChI is InChI=1S/C11H10BrN3O2/c1-17-9-3-2-6(12)4-7(9)8-5-10(13)15-11(16)14-8/h2-5H,1H3,(H3,13,14,15,16). The van der Waals surface area contributed by atoms with Crippen molar-refractivity contribution in [2.24, 2.45) is 0 Å². The van der Waals surface area contributed by atoms with Crippen LogP contribution in [0.1, 0.15) is 0 Å². The number of halogens is 1. The van der Waals surface area contributed by atoms with Crippen LogP contribution in [0, 0.1) is 0 Å². The van der Waals surface area contributed by atoms with Gasteiger partial charge in [-0.15, -0.1) is 0 Å². The van der Waals surface area contributed by atoms with E-state index in [9.17, 15) is 4.79 Å². The molecule has 0 unspecified atom stereocenters. The Balaban J connectivity index is 2.66. The summed E-state index contributed by atoms with van der Waals surface area (Å²) in [6.45, 7) is 0. The Morgan fingerprint density at radius 3 is 2.82 bits per heavy atom. The summed E-state index contributed by atoms with van der Waals surface area (Å²) in [4.78, 5) is 17.4. The lowest BCUT2D eigenvalue weighted by Gasteiger charge is -2.09. The van der Waals surface area contributed by atoms with E-state index in [2.05, 4.69) is 25.9 Å². The first-order valence-corrected chi connectivity index (χ1v) is 5.60. The zero-order chi connectivity index (χ0) is 12.4. The van der Waals surface area contributed by atoms with Crippen LogP contribution in [0.5, 0.6) is 5.75 Å². The molecule has 0 spiro atoms. The van der Waals surface area contributed by atoms with Crippen molar-refractivity contribution in [3.05, 3.63) is 39.2 Å². The monoisotopic (exact) mass is 295 g/mol. The highest BCUT2D eigenvalue weighted by Crippen LogP contribution is 2.31. The second-order valence-electron chi connectivity index (χ2n) is 3.37. The molecule has 0 aliphatic carbocycles. The smallest absolute Gasteiger partial charge is 0.347 e. The zero-order valence-corrected chi connectivity index (χ0v) is 10.6. The minimum atomic E-state index is -0.484. The second kappa shape index (κ2) is 4.58. The van der Waals surface area contributed by atoms with Gasteiger partial charge in [0.2, 0.25) is 0 Å². The molecular weight excluding hydrogens is 286 g/mol. The van der Waals surface area contributed by atoms with Crippen LogP contribution >= 0.6 is 15.9 Å². The minimum Gasteiger partial charge on any atom is -0.496 e. The van der Waals surface area contributed by atoms with Crippen molar-refractivity contribution < 1.29 is 4.74 Å². The maximum absolute atomic E-state index is 11.3. The van der Waals surface area contributed by atoms with Crippen LogP contribution in [-0.4, -0.2) is 17.1 Å². The molecule has 6 heteroatoms. The molecule has 1 aromatic heterocycles. The molecule has 0 aliphatic rings. The summed E-state index contributed by atoms with van der Waals surface area (Å²) in [7, 11) is 1.56. The van der Waals surface area contributed by atoms with E-state index in [0.29, 0.717) is 11.4 Å². The summed E-state index contributed by atoms with van der Waals surface area (Å²) in [6.07, 6.45) is 0. The van der Waals surface area contributed by atoms with Gasteiger partial charge in [0.1, 0.15) is 11.6 Å². The number of nitrogen functional groups attached to an aromatic ring is 1. The fourth-order valence-corrected chi connectivity index (χ4v) is 1.87. The van der Waals surface area contributed by atoms with Gasteiger partial charge in [0.05, 0.1) is 12.8 Å². The molecule has 1 aromatic carbocycles. The zero-order valence-electron chi connectivity index (χ0n) is 9.03. The Bertz CT molecular complexity index is 610. The van der Waals surface area contributed by atoms with Crippen molar-refractivity contribution in [2.75, 3.05) is 12.8 Å². The van der Waals surface area contributed by atoms with Crippen molar-refractivity contribution >= 4 is 21.7 Å². The third kappa shape index (κ3) is 2.47. The highest BCUT2D eigenvalue weighted by molar-refractivity contribution is 9.10. The van der Waals surface area contributed by atoms with Gasteiger partial charge in [-0.25, -0.2) is 4.79 Å². The maximum atomic E-state index is 11.3. The molecule has 0 aliphatic heterocycles. The molecule has 0 atom stereocenters. The number of nitrogens with one attached hydrogen (secondary N) is 1. The largest absolute Gasteiger partial charge is 0.496 e. The highest BCUT2D eigenvalue weighted by atomic mass is 79.9. The number of nitrogens with zero attached hydrogens (tertiary/aromatic N) is 1. The van der Waals surface area contributed by atoms with E-state index < -0.39 is 5.69 Å². The highest BCUT2D eigenvalue weighted by Gasteiger charge is 2.08. The van der Waals surface area contributed by atoms with Crippen LogP contribution in [0.3, 0.4) is 0 Å². The number of anilines is 1. The number of aromatic nitrogens is 2. The van der Waals surface area contributed by atoms with E-state index in [1.165, 1.54) is 0 Å². The number of hydrogen-bond donors (Lipinski definition) is 2. The topological polar surface area (TPSA) is 81.0 Å². The number of nitrogens with two attached hydrogens (primary N) is 1. The Labute approximate surface area is 106 Å². The molecule has 0 saturated carbocycles. The number of H-pyrrole nitrogens is 1. The predicted molar refractivity (Wildman–Crippen MR) is 69.0 cm³/mol. The number of rotatable bonds is 2. The SMILES string of the molecule is COc1ccc(Br)cc1-c1cc(N)nc(=O)[nH]1. The first-order valence-electron chi connectivity index (χ1n) is 4.81. The Hall–Kier alpha value is -1.82. The van der Waals surface area contributed by atoms with Gasteiger partial charge in [-0.3, -0.25) is 0 Å². The lowest BCUT2D eigenvalue weighted by Crippen LogP contribution is -2.13. The average molecular weight is 296 g/mol. The number of aromatic amines is 1. The van der Waals surface area contributed by atoms with Gasteiger partial charge in [-0.1, -0.05) is 15.9 Å².